The quantitative estimate of drug-likeness (QED) is 0.838. The first kappa shape index (κ1) is 13.5. The molecule has 18 heavy (non-hydrogen) atoms. The Balaban J connectivity index is 1.96. The Kier molecular flexibility index (Phi) is 5.11. The van der Waals surface area contributed by atoms with Crippen molar-refractivity contribution in [3.05, 3.63) is 30.1 Å². The summed E-state index contributed by atoms with van der Waals surface area (Å²) in [7, 11) is 0. The minimum Gasteiger partial charge on any atom is -0.381 e. The molecule has 0 spiro atoms. The molecule has 2 rings (SSSR count). The van der Waals surface area contributed by atoms with Crippen molar-refractivity contribution in [2.45, 2.75) is 31.9 Å². The molecule has 2 heterocycles. The fourth-order valence-electron chi connectivity index (χ4n) is 2.19. The van der Waals surface area contributed by atoms with Gasteiger partial charge in [0, 0.05) is 31.0 Å². The second kappa shape index (κ2) is 6.83. The highest BCUT2D eigenvalue weighted by Gasteiger charge is 2.22. The third-order valence-corrected chi connectivity index (χ3v) is 3.43. The summed E-state index contributed by atoms with van der Waals surface area (Å²) >= 11 is 0. The summed E-state index contributed by atoms with van der Waals surface area (Å²) in [5, 5.41) is 0. The van der Waals surface area contributed by atoms with Gasteiger partial charge in [-0.2, -0.15) is 0 Å². The van der Waals surface area contributed by atoms with E-state index in [1.165, 1.54) is 0 Å². The van der Waals surface area contributed by atoms with Crippen LogP contribution >= 0.6 is 0 Å². The molecule has 1 fully saturated rings. The van der Waals surface area contributed by atoms with Gasteiger partial charge < -0.3 is 15.2 Å². The van der Waals surface area contributed by atoms with Gasteiger partial charge in [-0.3, -0.25) is 4.98 Å². The maximum atomic E-state index is 6.16. The van der Waals surface area contributed by atoms with Crippen molar-refractivity contribution in [1.29, 1.82) is 0 Å². The van der Waals surface area contributed by atoms with Crippen molar-refractivity contribution >= 4 is 0 Å². The standard InChI is InChI=1S/C14H22N2O2/c1-2-13(15)14(12-3-6-16-7-4-12)18-10-11-5-8-17-9-11/h3-4,6-7,11,13-14H,2,5,8-10,15H2,1H3. The van der Waals surface area contributed by atoms with Crippen molar-refractivity contribution < 1.29 is 9.47 Å². The van der Waals surface area contributed by atoms with E-state index < -0.39 is 0 Å². The fraction of sp³-hybridized carbons (Fsp3) is 0.643. The smallest absolute Gasteiger partial charge is 0.0976 e. The number of aromatic nitrogens is 1. The molecule has 1 aromatic heterocycles. The summed E-state index contributed by atoms with van der Waals surface area (Å²) in [5.41, 5.74) is 7.27. The summed E-state index contributed by atoms with van der Waals surface area (Å²) in [4.78, 5) is 4.03. The maximum Gasteiger partial charge on any atom is 0.0976 e. The lowest BCUT2D eigenvalue weighted by Crippen LogP contribution is -2.31. The lowest BCUT2D eigenvalue weighted by Gasteiger charge is -2.25. The Labute approximate surface area is 108 Å². The molecule has 2 N–H and O–H groups in total. The summed E-state index contributed by atoms with van der Waals surface area (Å²) < 4.78 is 11.4. The number of pyridine rings is 1. The van der Waals surface area contributed by atoms with Crippen LogP contribution in [0.25, 0.3) is 0 Å². The molecule has 0 amide bonds. The molecule has 3 atom stereocenters. The average Bonchev–Trinajstić information content (AvgIpc) is 2.93. The van der Waals surface area contributed by atoms with Crippen molar-refractivity contribution in [3.63, 3.8) is 0 Å². The molecule has 0 saturated carbocycles. The predicted molar refractivity (Wildman–Crippen MR) is 70.1 cm³/mol. The average molecular weight is 250 g/mol. The summed E-state index contributed by atoms with van der Waals surface area (Å²) in [6, 6.07) is 3.98. The molecule has 100 valence electrons. The van der Waals surface area contributed by atoms with E-state index in [9.17, 15) is 0 Å². The maximum absolute atomic E-state index is 6.16. The number of rotatable bonds is 6. The molecule has 0 radical (unpaired) electrons. The Morgan fingerprint density at radius 3 is 2.89 bits per heavy atom. The monoisotopic (exact) mass is 250 g/mol. The molecule has 1 aliphatic rings. The van der Waals surface area contributed by atoms with Gasteiger partial charge in [0.25, 0.3) is 0 Å². The van der Waals surface area contributed by atoms with Crippen LogP contribution in [0.3, 0.4) is 0 Å². The molecule has 0 bridgehead atoms. The van der Waals surface area contributed by atoms with Crippen LogP contribution in [0.15, 0.2) is 24.5 Å². The zero-order valence-corrected chi connectivity index (χ0v) is 10.9. The van der Waals surface area contributed by atoms with E-state index in [1.807, 2.05) is 12.1 Å². The van der Waals surface area contributed by atoms with Crippen LogP contribution in [0.1, 0.15) is 31.4 Å². The molecular weight excluding hydrogens is 228 g/mol. The first-order chi connectivity index (χ1) is 8.81. The third-order valence-electron chi connectivity index (χ3n) is 3.43. The van der Waals surface area contributed by atoms with E-state index >= 15 is 0 Å². The van der Waals surface area contributed by atoms with Gasteiger partial charge in [0.05, 0.1) is 19.3 Å². The van der Waals surface area contributed by atoms with Gasteiger partial charge in [-0.25, -0.2) is 0 Å². The number of hydrogen-bond acceptors (Lipinski definition) is 4. The van der Waals surface area contributed by atoms with Crippen LogP contribution in [-0.2, 0) is 9.47 Å². The molecule has 4 nitrogen and oxygen atoms in total. The largest absolute Gasteiger partial charge is 0.381 e. The second-order valence-corrected chi connectivity index (χ2v) is 4.84. The van der Waals surface area contributed by atoms with Gasteiger partial charge in [0.1, 0.15) is 0 Å². The molecule has 1 saturated heterocycles. The van der Waals surface area contributed by atoms with Gasteiger partial charge in [0.15, 0.2) is 0 Å². The molecule has 0 aromatic carbocycles. The van der Waals surface area contributed by atoms with Gasteiger partial charge in [-0.15, -0.1) is 0 Å². The SMILES string of the molecule is CCC(N)C(OCC1CCOC1)c1ccncc1. The Bertz CT molecular complexity index is 339. The van der Waals surface area contributed by atoms with Crippen LogP contribution in [0, 0.1) is 5.92 Å². The first-order valence-electron chi connectivity index (χ1n) is 6.66. The Hall–Kier alpha value is -0.970. The molecule has 0 aliphatic carbocycles. The van der Waals surface area contributed by atoms with E-state index in [-0.39, 0.29) is 12.1 Å². The Morgan fingerprint density at radius 2 is 2.28 bits per heavy atom. The zero-order chi connectivity index (χ0) is 12.8. The first-order valence-corrected chi connectivity index (χ1v) is 6.66. The van der Waals surface area contributed by atoms with Gasteiger partial charge >= 0.3 is 0 Å². The normalized spacial score (nSPS) is 22.9. The van der Waals surface area contributed by atoms with Crippen LogP contribution < -0.4 is 5.73 Å². The zero-order valence-electron chi connectivity index (χ0n) is 10.9. The van der Waals surface area contributed by atoms with E-state index in [2.05, 4.69) is 11.9 Å². The fourth-order valence-corrected chi connectivity index (χ4v) is 2.19. The minimum absolute atomic E-state index is 0.0229. The van der Waals surface area contributed by atoms with E-state index in [1.54, 1.807) is 12.4 Å². The number of hydrogen-bond donors (Lipinski definition) is 1. The number of nitrogens with zero attached hydrogens (tertiary/aromatic N) is 1. The van der Waals surface area contributed by atoms with Crippen molar-refractivity contribution in [1.82, 2.24) is 4.98 Å². The lowest BCUT2D eigenvalue weighted by atomic mass is 10.0. The van der Waals surface area contributed by atoms with Crippen LogP contribution in [0.5, 0.6) is 0 Å². The van der Waals surface area contributed by atoms with E-state index in [0.717, 1.165) is 38.2 Å². The van der Waals surface area contributed by atoms with Gasteiger partial charge in [-0.1, -0.05) is 6.92 Å². The molecule has 1 aromatic rings. The number of nitrogens with two attached hydrogens (primary N) is 1. The molecule has 1 aliphatic heterocycles. The highest BCUT2D eigenvalue weighted by atomic mass is 16.5. The molecule has 3 unspecified atom stereocenters. The van der Waals surface area contributed by atoms with Crippen LogP contribution in [0.2, 0.25) is 0 Å². The van der Waals surface area contributed by atoms with Gasteiger partial charge in [-0.05, 0) is 30.5 Å². The predicted octanol–water partition coefficient (Wildman–Crippen LogP) is 1.91. The van der Waals surface area contributed by atoms with Crippen molar-refractivity contribution in [2.75, 3.05) is 19.8 Å². The lowest BCUT2D eigenvalue weighted by molar-refractivity contribution is 0.00944. The van der Waals surface area contributed by atoms with Crippen molar-refractivity contribution in [2.24, 2.45) is 11.7 Å². The van der Waals surface area contributed by atoms with Crippen LogP contribution in [-0.4, -0.2) is 30.8 Å². The summed E-state index contributed by atoms with van der Waals surface area (Å²) in [5.74, 6) is 0.512. The third kappa shape index (κ3) is 3.51. The molecular formula is C14H22N2O2. The number of ether oxygens (including phenoxy) is 2. The van der Waals surface area contributed by atoms with Crippen molar-refractivity contribution in [3.8, 4) is 0 Å². The Morgan fingerprint density at radius 1 is 1.50 bits per heavy atom. The summed E-state index contributed by atoms with van der Waals surface area (Å²) in [6.07, 6.45) is 5.51. The summed E-state index contributed by atoms with van der Waals surface area (Å²) in [6.45, 7) is 4.47. The van der Waals surface area contributed by atoms with Gasteiger partial charge in [0.2, 0.25) is 0 Å². The second-order valence-electron chi connectivity index (χ2n) is 4.84. The van der Waals surface area contributed by atoms with E-state index in [0.29, 0.717) is 5.92 Å². The highest BCUT2D eigenvalue weighted by Crippen LogP contribution is 2.24. The minimum atomic E-state index is -0.0430. The highest BCUT2D eigenvalue weighted by molar-refractivity contribution is 5.15. The van der Waals surface area contributed by atoms with E-state index in [4.69, 9.17) is 15.2 Å². The topological polar surface area (TPSA) is 57.4 Å². The molecule has 4 heteroatoms. The van der Waals surface area contributed by atoms with Crippen LogP contribution in [0.4, 0.5) is 0 Å².